The van der Waals surface area contributed by atoms with Gasteiger partial charge in [0.1, 0.15) is 0 Å². The Morgan fingerprint density at radius 2 is 1.83 bits per heavy atom. The number of carbonyl (C=O) groups excluding carboxylic acids is 1. The highest BCUT2D eigenvalue weighted by Gasteiger charge is 2.42. The molecule has 2 aromatic carbocycles. The zero-order valence-corrected chi connectivity index (χ0v) is 17.0. The van der Waals surface area contributed by atoms with Crippen molar-refractivity contribution in [1.29, 1.82) is 0 Å². The minimum atomic E-state index is -0.138. The van der Waals surface area contributed by atoms with Crippen LogP contribution in [0.3, 0.4) is 0 Å². The van der Waals surface area contributed by atoms with Gasteiger partial charge in [-0.3, -0.25) is 4.79 Å². The van der Waals surface area contributed by atoms with Crippen LogP contribution in [0.2, 0.25) is 5.02 Å². The molecule has 2 aliphatic rings. The molecule has 1 saturated heterocycles. The van der Waals surface area contributed by atoms with E-state index in [-0.39, 0.29) is 11.4 Å². The van der Waals surface area contributed by atoms with Crippen LogP contribution < -0.4 is 5.32 Å². The molecular weight excluding hydrogens is 382 g/mol. The highest BCUT2D eigenvalue weighted by molar-refractivity contribution is 6.30. The van der Waals surface area contributed by atoms with Crippen LogP contribution in [0.15, 0.2) is 66.9 Å². The molecule has 0 radical (unpaired) electrons. The van der Waals surface area contributed by atoms with E-state index in [1.807, 2.05) is 35.2 Å². The number of anilines is 1. The fourth-order valence-electron chi connectivity index (χ4n) is 4.69. The van der Waals surface area contributed by atoms with E-state index in [1.54, 1.807) is 0 Å². The van der Waals surface area contributed by atoms with Crippen LogP contribution in [0.25, 0.3) is 5.69 Å². The van der Waals surface area contributed by atoms with Gasteiger partial charge in [-0.2, -0.15) is 0 Å². The molecule has 1 N–H and O–H groups in total. The minimum Gasteiger partial charge on any atom is -0.372 e. The molecule has 29 heavy (non-hydrogen) atoms. The number of hydrogen-bond acceptors (Lipinski definition) is 2. The van der Waals surface area contributed by atoms with Crippen molar-refractivity contribution in [1.82, 2.24) is 9.47 Å². The molecule has 1 spiro atoms. The molecule has 0 saturated carbocycles. The Hall–Kier alpha value is -2.72. The molecule has 1 amide bonds. The van der Waals surface area contributed by atoms with Crippen LogP contribution in [-0.4, -0.2) is 28.5 Å². The number of carbonyl (C=O) groups is 1. The van der Waals surface area contributed by atoms with Crippen molar-refractivity contribution in [3.63, 3.8) is 0 Å². The maximum absolute atomic E-state index is 12.8. The maximum Gasteiger partial charge on any atom is 0.222 e. The number of hydrogen-bond donors (Lipinski definition) is 1. The zero-order chi connectivity index (χ0) is 19.8. The summed E-state index contributed by atoms with van der Waals surface area (Å²) in [6.45, 7) is 1.55. The Balaban J connectivity index is 1.30. The van der Waals surface area contributed by atoms with Gasteiger partial charge in [-0.25, -0.2) is 0 Å². The molecule has 3 heterocycles. The van der Waals surface area contributed by atoms with Crippen LogP contribution in [0, 0.1) is 0 Å². The van der Waals surface area contributed by atoms with Crippen LogP contribution in [-0.2, 0) is 16.8 Å². The Morgan fingerprint density at radius 1 is 1.03 bits per heavy atom. The van der Waals surface area contributed by atoms with Crippen LogP contribution >= 0.6 is 11.6 Å². The van der Waals surface area contributed by atoms with Crippen molar-refractivity contribution in [3.05, 3.63) is 83.1 Å². The van der Waals surface area contributed by atoms with E-state index < -0.39 is 0 Å². The van der Waals surface area contributed by atoms with Crippen molar-refractivity contribution < 1.29 is 4.79 Å². The number of benzene rings is 2. The number of aromatic nitrogens is 1. The van der Waals surface area contributed by atoms with Crippen LogP contribution in [0.4, 0.5) is 5.69 Å². The van der Waals surface area contributed by atoms with E-state index in [1.165, 1.54) is 11.3 Å². The van der Waals surface area contributed by atoms with E-state index >= 15 is 0 Å². The van der Waals surface area contributed by atoms with Crippen LogP contribution in [0.5, 0.6) is 0 Å². The lowest BCUT2D eigenvalue weighted by Crippen LogP contribution is -2.51. The highest BCUT2D eigenvalue weighted by atomic mass is 35.5. The van der Waals surface area contributed by atoms with E-state index in [9.17, 15) is 4.79 Å². The van der Waals surface area contributed by atoms with Crippen molar-refractivity contribution >= 4 is 23.2 Å². The normalized spacial score (nSPS) is 16.8. The summed E-state index contributed by atoms with van der Waals surface area (Å²) in [6, 6.07) is 20.5. The lowest BCUT2D eigenvalue weighted by atomic mass is 9.82. The molecule has 0 atom stereocenters. The summed E-state index contributed by atoms with van der Waals surface area (Å²) in [7, 11) is 0. The average molecular weight is 406 g/mol. The highest BCUT2D eigenvalue weighted by Crippen LogP contribution is 2.44. The summed E-state index contributed by atoms with van der Waals surface area (Å²) in [6.07, 6.45) is 5.27. The maximum atomic E-state index is 12.8. The SMILES string of the molecule is O=C(CCc1ccccc1)N1CCC2(CC1)Nc1ccc(Cl)cc1-n1cccc12. The summed E-state index contributed by atoms with van der Waals surface area (Å²) in [5, 5.41) is 4.52. The summed E-state index contributed by atoms with van der Waals surface area (Å²) >= 11 is 6.23. The van der Waals surface area contributed by atoms with Gasteiger partial charge in [-0.15, -0.1) is 0 Å². The molecule has 4 nitrogen and oxygen atoms in total. The van der Waals surface area contributed by atoms with Gasteiger partial charge in [0.25, 0.3) is 0 Å². The van der Waals surface area contributed by atoms with Gasteiger partial charge in [0.05, 0.1) is 16.9 Å². The van der Waals surface area contributed by atoms with Gasteiger partial charge in [0.2, 0.25) is 5.91 Å². The van der Waals surface area contributed by atoms with E-state index in [2.05, 4.69) is 46.4 Å². The molecule has 148 valence electrons. The molecule has 2 aliphatic heterocycles. The number of nitrogens with one attached hydrogen (secondary N) is 1. The minimum absolute atomic E-state index is 0.138. The van der Waals surface area contributed by atoms with Crippen LogP contribution in [0.1, 0.15) is 30.5 Å². The summed E-state index contributed by atoms with van der Waals surface area (Å²) in [4.78, 5) is 14.8. The van der Waals surface area contributed by atoms with Gasteiger partial charge in [0, 0.05) is 36.4 Å². The number of fused-ring (bicyclic) bond motifs is 4. The predicted octanol–water partition coefficient (Wildman–Crippen LogP) is 5.01. The molecule has 0 bridgehead atoms. The monoisotopic (exact) mass is 405 g/mol. The first-order valence-corrected chi connectivity index (χ1v) is 10.6. The van der Waals surface area contributed by atoms with Gasteiger partial charge >= 0.3 is 0 Å². The first-order valence-electron chi connectivity index (χ1n) is 10.2. The first kappa shape index (κ1) is 18.3. The number of likely N-dealkylation sites (tertiary alicyclic amines) is 1. The number of rotatable bonds is 3. The third-order valence-electron chi connectivity index (χ3n) is 6.27. The van der Waals surface area contributed by atoms with Gasteiger partial charge in [-0.1, -0.05) is 41.9 Å². The lowest BCUT2D eigenvalue weighted by Gasteiger charge is -2.46. The molecule has 0 aliphatic carbocycles. The number of halogens is 1. The van der Waals surface area contributed by atoms with Crippen molar-refractivity contribution in [3.8, 4) is 5.69 Å². The lowest BCUT2D eigenvalue weighted by molar-refractivity contribution is -0.132. The average Bonchev–Trinajstić information content (AvgIpc) is 3.26. The smallest absolute Gasteiger partial charge is 0.222 e. The zero-order valence-electron chi connectivity index (χ0n) is 16.3. The second-order valence-corrected chi connectivity index (χ2v) is 8.43. The summed E-state index contributed by atoms with van der Waals surface area (Å²) < 4.78 is 2.24. The van der Waals surface area contributed by atoms with Crippen molar-refractivity contribution in [2.75, 3.05) is 18.4 Å². The second-order valence-electron chi connectivity index (χ2n) is 8.00. The fourth-order valence-corrected chi connectivity index (χ4v) is 4.85. The summed E-state index contributed by atoms with van der Waals surface area (Å²) in [5.74, 6) is 0.252. The largest absolute Gasteiger partial charge is 0.372 e. The predicted molar refractivity (Wildman–Crippen MR) is 117 cm³/mol. The van der Waals surface area contributed by atoms with E-state index in [0.29, 0.717) is 6.42 Å². The Morgan fingerprint density at radius 3 is 2.62 bits per heavy atom. The van der Waals surface area contributed by atoms with Gasteiger partial charge in [-0.05, 0) is 55.2 Å². The molecular formula is C24H24ClN3O. The Kier molecular flexibility index (Phi) is 4.59. The third-order valence-corrected chi connectivity index (χ3v) is 6.51. The van der Waals surface area contributed by atoms with E-state index in [4.69, 9.17) is 11.6 Å². The molecule has 5 heteroatoms. The Bertz CT molecular complexity index is 1040. The third kappa shape index (κ3) is 3.32. The standard InChI is InChI=1S/C24H24ClN3O/c25-19-9-10-20-21(17-19)28-14-4-7-22(28)24(26-20)12-15-27(16-13-24)23(29)11-8-18-5-2-1-3-6-18/h1-7,9-10,14,17,26H,8,11-13,15-16H2. The van der Waals surface area contributed by atoms with Gasteiger partial charge < -0.3 is 14.8 Å². The first-order chi connectivity index (χ1) is 14.1. The molecule has 3 aromatic rings. The number of nitrogens with zero attached hydrogens (tertiary/aromatic N) is 2. The fraction of sp³-hybridized carbons (Fsp3) is 0.292. The van der Waals surface area contributed by atoms with Crippen molar-refractivity contribution in [2.45, 2.75) is 31.2 Å². The summed E-state index contributed by atoms with van der Waals surface area (Å²) in [5.41, 5.74) is 4.52. The number of piperidine rings is 1. The quantitative estimate of drug-likeness (QED) is 0.665. The molecule has 1 fully saturated rings. The van der Waals surface area contributed by atoms with Gasteiger partial charge in [0.15, 0.2) is 0 Å². The Labute approximate surface area is 176 Å². The number of aryl methyl sites for hydroxylation is 1. The molecule has 1 aromatic heterocycles. The molecule has 5 rings (SSSR count). The number of amides is 1. The van der Waals surface area contributed by atoms with Crippen molar-refractivity contribution in [2.24, 2.45) is 0 Å². The topological polar surface area (TPSA) is 37.3 Å². The van der Waals surface area contributed by atoms with E-state index in [0.717, 1.165) is 48.7 Å². The molecule has 0 unspecified atom stereocenters. The second kappa shape index (κ2) is 7.27.